The summed E-state index contributed by atoms with van der Waals surface area (Å²) in [6, 6.07) is 0.286. The molecular weight excluding hydrogens is 276 g/mol. The highest BCUT2D eigenvalue weighted by atomic mass is 32.2. The molecule has 5 nitrogen and oxygen atoms in total. The minimum absolute atomic E-state index is 0.279. The van der Waals surface area contributed by atoms with Gasteiger partial charge in [-0.05, 0) is 33.6 Å². The lowest BCUT2D eigenvalue weighted by Gasteiger charge is -2.14. The molecule has 2 N–H and O–H groups in total. The van der Waals surface area contributed by atoms with Crippen molar-refractivity contribution >= 4 is 10.0 Å². The Balaban J connectivity index is 2.34. The molecule has 0 amide bonds. The van der Waals surface area contributed by atoms with Crippen LogP contribution in [-0.2, 0) is 16.6 Å². The second-order valence-electron chi connectivity index (χ2n) is 6.22. The summed E-state index contributed by atoms with van der Waals surface area (Å²) in [7, 11) is -3.53. The topological polar surface area (TPSA) is 71.3 Å². The van der Waals surface area contributed by atoms with Crippen molar-refractivity contribution in [2.75, 3.05) is 0 Å². The molecule has 0 aliphatic heterocycles. The third-order valence-electron chi connectivity index (χ3n) is 3.66. The molecule has 0 saturated heterocycles. The van der Waals surface area contributed by atoms with Crippen molar-refractivity contribution in [3.63, 3.8) is 0 Å². The Bertz CT molecular complexity index is 598. The molecular formula is C14H24N2O3S. The van der Waals surface area contributed by atoms with E-state index in [0.717, 1.165) is 18.4 Å². The van der Waals surface area contributed by atoms with E-state index in [4.69, 9.17) is 4.42 Å². The van der Waals surface area contributed by atoms with Crippen molar-refractivity contribution in [3.05, 3.63) is 17.1 Å². The highest BCUT2D eigenvalue weighted by molar-refractivity contribution is 7.89. The van der Waals surface area contributed by atoms with E-state index in [0.29, 0.717) is 23.0 Å². The Labute approximate surface area is 121 Å². The van der Waals surface area contributed by atoms with Crippen molar-refractivity contribution < 1.29 is 12.8 Å². The van der Waals surface area contributed by atoms with Gasteiger partial charge in [0.25, 0.3) is 0 Å². The molecule has 20 heavy (non-hydrogen) atoms. The smallest absolute Gasteiger partial charge is 0.244 e. The highest BCUT2D eigenvalue weighted by Gasteiger charge is 2.42. The molecule has 1 aromatic heterocycles. The van der Waals surface area contributed by atoms with Crippen LogP contribution in [0.5, 0.6) is 0 Å². The fraction of sp³-hybridized carbons (Fsp3) is 0.714. The van der Waals surface area contributed by atoms with Gasteiger partial charge in [-0.15, -0.1) is 0 Å². The number of furan rings is 1. The fourth-order valence-corrected chi connectivity index (χ4v) is 4.15. The van der Waals surface area contributed by atoms with Crippen LogP contribution in [0.4, 0.5) is 0 Å². The Morgan fingerprint density at radius 2 is 1.85 bits per heavy atom. The van der Waals surface area contributed by atoms with Crippen molar-refractivity contribution in [2.45, 2.75) is 70.5 Å². The van der Waals surface area contributed by atoms with Crippen LogP contribution >= 0.6 is 0 Å². The summed E-state index contributed by atoms with van der Waals surface area (Å²) in [5.41, 5.74) is 0.451. The van der Waals surface area contributed by atoms with Gasteiger partial charge in [0.05, 0.1) is 0 Å². The second-order valence-corrected chi connectivity index (χ2v) is 7.84. The summed E-state index contributed by atoms with van der Waals surface area (Å²) < 4.78 is 33.5. The molecule has 0 radical (unpaired) electrons. The largest absolute Gasteiger partial charge is 0.465 e. The molecule has 1 aromatic rings. The Hall–Kier alpha value is -0.850. The molecule has 1 heterocycles. The molecule has 1 aliphatic carbocycles. The van der Waals surface area contributed by atoms with Crippen LogP contribution in [0.25, 0.3) is 0 Å². The molecule has 114 valence electrons. The maximum absolute atomic E-state index is 12.6. The molecule has 0 spiro atoms. The van der Waals surface area contributed by atoms with Crippen LogP contribution in [0.2, 0.25) is 0 Å². The third kappa shape index (κ3) is 3.24. The van der Waals surface area contributed by atoms with Gasteiger partial charge in [0, 0.05) is 23.7 Å². The maximum Gasteiger partial charge on any atom is 0.244 e. The van der Waals surface area contributed by atoms with Gasteiger partial charge in [-0.25, -0.2) is 13.1 Å². The van der Waals surface area contributed by atoms with Gasteiger partial charge < -0.3 is 9.73 Å². The first-order chi connectivity index (χ1) is 9.15. The van der Waals surface area contributed by atoms with Gasteiger partial charge in [-0.2, -0.15) is 0 Å². The minimum Gasteiger partial charge on any atom is -0.465 e. The summed E-state index contributed by atoms with van der Waals surface area (Å²) in [5, 5.41) is 3.25. The zero-order valence-corrected chi connectivity index (χ0v) is 13.6. The van der Waals surface area contributed by atoms with Crippen LogP contribution in [-0.4, -0.2) is 20.0 Å². The summed E-state index contributed by atoms with van der Waals surface area (Å²) in [5.74, 6) is 1.12. The zero-order valence-electron chi connectivity index (χ0n) is 12.8. The Morgan fingerprint density at radius 1 is 1.25 bits per heavy atom. The number of nitrogens with one attached hydrogen (secondary N) is 2. The van der Waals surface area contributed by atoms with E-state index in [2.05, 4.69) is 10.0 Å². The molecule has 0 bridgehead atoms. The number of rotatable bonds is 6. The molecule has 1 saturated carbocycles. The quantitative estimate of drug-likeness (QED) is 0.845. The van der Waals surface area contributed by atoms with Gasteiger partial charge in [-0.3, -0.25) is 0 Å². The van der Waals surface area contributed by atoms with Crippen molar-refractivity contribution in [2.24, 2.45) is 0 Å². The van der Waals surface area contributed by atoms with Crippen molar-refractivity contribution in [1.82, 2.24) is 10.0 Å². The minimum atomic E-state index is -3.53. The lowest BCUT2D eigenvalue weighted by Crippen LogP contribution is -2.35. The molecule has 1 aliphatic rings. The van der Waals surface area contributed by atoms with E-state index in [9.17, 15) is 8.42 Å². The lowest BCUT2D eigenvalue weighted by atomic mass is 10.2. The summed E-state index contributed by atoms with van der Waals surface area (Å²) in [6.07, 6.45) is 1.78. The van der Waals surface area contributed by atoms with Crippen LogP contribution in [0.15, 0.2) is 9.31 Å². The van der Waals surface area contributed by atoms with Gasteiger partial charge in [-0.1, -0.05) is 13.8 Å². The third-order valence-corrected chi connectivity index (χ3v) is 5.49. The molecule has 2 rings (SSSR count). The number of hydrogen-bond donors (Lipinski definition) is 2. The molecule has 0 aromatic carbocycles. The van der Waals surface area contributed by atoms with E-state index in [-0.39, 0.29) is 11.6 Å². The number of sulfonamides is 1. The standard InChI is InChI=1S/C14H24N2O3S/c1-9(2)15-8-12-10(3)19-11(4)13(12)20(17,18)16-14(5)6-7-14/h9,15-16H,6-8H2,1-5H3. The van der Waals surface area contributed by atoms with E-state index >= 15 is 0 Å². The van der Waals surface area contributed by atoms with Crippen molar-refractivity contribution in [1.29, 1.82) is 0 Å². The van der Waals surface area contributed by atoms with Crippen LogP contribution in [0, 0.1) is 13.8 Å². The maximum atomic E-state index is 12.6. The summed E-state index contributed by atoms with van der Waals surface area (Å²) in [4.78, 5) is 0.302. The first kappa shape index (κ1) is 15.5. The van der Waals surface area contributed by atoms with Gasteiger partial charge >= 0.3 is 0 Å². The first-order valence-corrected chi connectivity index (χ1v) is 8.49. The van der Waals surface area contributed by atoms with Gasteiger partial charge in [0.1, 0.15) is 16.4 Å². The Kier molecular flexibility index (Phi) is 4.01. The molecule has 0 unspecified atom stereocenters. The molecule has 0 atom stereocenters. The van der Waals surface area contributed by atoms with Gasteiger partial charge in [0.15, 0.2) is 0 Å². The average molecular weight is 300 g/mol. The van der Waals surface area contributed by atoms with Crippen LogP contribution in [0.1, 0.15) is 50.7 Å². The Morgan fingerprint density at radius 3 is 2.35 bits per heavy atom. The SMILES string of the molecule is Cc1oc(C)c(S(=O)(=O)NC2(C)CC2)c1CNC(C)C. The van der Waals surface area contributed by atoms with Gasteiger partial charge in [0.2, 0.25) is 10.0 Å². The first-order valence-electron chi connectivity index (χ1n) is 7.01. The highest BCUT2D eigenvalue weighted by Crippen LogP contribution is 2.37. The van der Waals surface area contributed by atoms with Crippen LogP contribution in [0.3, 0.4) is 0 Å². The summed E-state index contributed by atoms with van der Waals surface area (Å²) in [6.45, 7) is 9.99. The average Bonchev–Trinajstić information content (AvgIpc) is 2.90. The lowest BCUT2D eigenvalue weighted by molar-refractivity contribution is 0.490. The monoisotopic (exact) mass is 300 g/mol. The molecule has 6 heteroatoms. The number of hydrogen-bond acceptors (Lipinski definition) is 4. The molecule has 1 fully saturated rings. The normalized spacial score (nSPS) is 17.7. The second kappa shape index (κ2) is 5.16. The number of aryl methyl sites for hydroxylation is 2. The van der Waals surface area contributed by atoms with Crippen LogP contribution < -0.4 is 10.0 Å². The predicted octanol–water partition coefficient (Wildman–Crippen LogP) is 2.23. The summed E-state index contributed by atoms with van der Waals surface area (Å²) >= 11 is 0. The van der Waals surface area contributed by atoms with E-state index in [1.54, 1.807) is 6.92 Å². The fourth-order valence-electron chi connectivity index (χ4n) is 2.24. The zero-order chi connectivity index (χ0) is 15.1. The van der Waals surface area contributed by atoms with Crippen molar-refractivity contribution in [3.8, 4) is 0 Å². The predicted molar refractivity (Wildman–Crippen MR) is 78.1 cm³/mol. The van der Waals surface area contributed by atoms with E-state index < -0.39 is 10.0 Å². The van der Waals surface area contributed by atoms with E-state index in [1.165, 1.54) is 0 Å². The van der Waals surface area contributed by atoms with E-state index in [1.807, 2.05) is 27.7 Å².